The van der Waals surface area contributed by atoms with E-state index in [9.17, 15) is 13.2 Å². The maximum Gasteiger partial charge on any atom is 0.241 e. The molecule has 3 aromatic carbocycles. The fraction of sp³-hybridized carbons (Fsp3) is 0.174. The Morgan fingerprint density at radius 2 is 1.28 bits per heavy atom. The van der Waals surface area contributed by atoms with Gasteiger partial charge in [0.05, 0.1) is 4.90 Å². The third kappa shape index (κ3) is 6.27. The van der Waals surface area contributed by atoms with Crippen LogP contribution in [0.3, 0.4) is 0 Å². The van der Waals surface area contributed by atoms with Gasteiger partial charge in [0.25, 0.3) is 0 Å². The van der Waals surface area contributed by atoms with E-state index in [1.54, 1.807) is 18.2 Å². The van der Waals surface area contributed by atoms with Crippen molar-refractivity contribution in [2.45, 2.75) is 23.8 Å². The lowest BCUT2D eigenvalue weighted by molar-refractivity contribution is -0.122. The molecule has 5 nitrogen and oxygen atoms in total. The lowest BCUT2D eigenvalue weighted by Crippen LogP contribution is -2.48. The van der Waals surface area contributed by atoms with Crippen LogP contribution in [0.2, 0.25) is 0 Å². The van der Waals surface area contributed by atoms with Crippen molar-refractivity contribution in [3.05, 3.63) is 102 Å². The number of hydrogen-bond acceptors (Lipinski definition) is 3. The first-order valence-electron chi connectivity index (χ1n) is 9.47. The summed E-state index contributed by atoms with van der Waals surface area (Å²) < 4.78 is 28.0. The Labute approximate surface area is 171 Å². The van der Waals surface area contributed by atoms with Gasteiger partial charge in [0.2, 0.25) is 15.9 Å². The second kappa shape index (κ2) is 10.0. The first-order chi connectivity index (χ1) is 14.0. The fourth-order valence-electron chi connectivity index (χ4n) is 2.99. The first kappa shape index (κ1) is 20.8. The van der Waals surface area contributed by atoms with Gasteiger partial charge in [-0.15, -0.1) is 0 Å². The van der Waals surface area contributed by atoms with E-state index in [0.29, 0.717) is 13.0 Å². The molecule has 2 N–H and O–H groups in total. The first-order valence-corrected chi connectivity index (χ1v) is 11.0. The number of sulfonamides is 1. The van der Waals surface area contributed by atoms with Crippen LogP contribution < -0.4 is 10.0 Å². The Hall–Kier alpha value is -2.96. The third-order valence-electron chi connectivity index (χ3n) is 4.51. The summed E-state index contributed by atoms with van der Waals surface area (Å²) in [5, 5.41) is 2.86. The predicted molar refractivity (Wildman–Crippen MR) is 114 cm³/mol. The maximum atomic E-state index is 12.8. The highest BCUT2D eigenvalue weighted by atomic mass is 32.2. The van der Waals surface area contributed by atoms with Crippen molar-refractivity contribution in [2.24, 2.45) is 0 Å². The van der Waals surface area contributed by atoms with Gasteiger partial charge in [-0.2, -0.15) is 4.72 Å². The minimum atomic E-state index is -3.81. The fourth-order valence-corrected chi connectivity index (χ4v) is 4.21. The van der Waals surface area contributed by atoms with Crippen molar-refractivity contribution in [2.75, 3.05) is 6.54 Å². The van der Waals surface area contributed by atoms with E-state index in [1.165, 1.54) is 12.1 Å². The van der Waals surface area contributed by atoms with E-state index >= 15 is 0 Å². The standard InChI is InChI=1S/C23H24N2O3S/c26-23(24-17-16-19-10-4-1-5-11-19)22(18-20-12-6-2-7-13-20)25-29(27,28)21-14-8-3-9-15-21/h1-15,22,25H,16-18H2,(H,24,26)/t22-/m1/s1. The Balaban J connectivity index is 1.71. The highest BCUT2D eigenvalue weighted by Crippen LogP contribution is 2.11. The zero-order chi connectivity index (χ0) is 20.5. The van der Waals surface area contributed by atoms with Gasteiger partial charge in [0.15, 0.2) is 0 Å². The van der Waals surface area contributed by atoms with E-state index in [-0.39, 0.29) is 17.2 Å². The molecule has 0 aliphatic carbocycles. The van der Waals surface area contributed by atoms with Crippen molar-refractivity contribution in [3.63, 3.8) is 0 Å². The summed E-state index contributed by atoms with van der Waals surface area (Å²) in [6.07, 6.45) is 0.945. The predicted octanol–water partition coefficient (Wildman–Crippen LogP) is 2.94. The van der Waals surface area contributed by atoms with Crippen molar-refractivity contribution in [1.82, 2.24) is 10.0 Å². The van der Waals surface area contributed by atoms with Gasteiger partial charge in [0, 0.05) is 6.54 Å². The lowest BCUT2D eigenvalue weighted by Gasteiger charge is -2.19. The van der Waals surface area contributed by atoms with Crippen LogP contribution in [0.4, 0.5) is 0 Å². The van der Waals surface area contributed by atoms with Crippen LogP contribution in [0.15, 0.2) is 95.9 Å². The van der Waals surface area contributed by atoms with Crippen LogP contribution in [-0.4, -0.2) is 26.9 Å². The molecule has 29 heavy (non-hydrogen) atoms. The number of carbonyl (C=O) groups excluding carboxylic acids is 1. The quantitative estimate of drug-likeness (QED) is 0.572. The monoisotopic (exact) mass is 408 g/mol. The molecule has 0 aromatic heterocycles. The van der Waals surface area contributed by atoms with Crippen molar-refractivity contribution in [3.8, 4) is 0 Å². The average Bonchev–Trinajstić information content (AvgIpc) is 2.75. The molecule has 0 heterocycles. The SMILES string of the molecule is O=C(NCCc1ccccc1)[C@@H](Cc1ccccc1)NS(=O)(=O)c1ccccc1. The van der Waals surface area contributed by atoms with Crippen LogP contribution in [0.25, 0.3) is 0 Å². The number of hydrogen-bond donors (Lipinski definition) is 2. The summed E-state index contributed by atoms with van der Waals surface area (Å²) >= 11 is 0. The molecule has 0 saturated carbocycles. The van der Waals surface area contributed by atoms with Crippen molar-refractivity contribution < 1.29 is 13.2 Å². The van der Waals surface area contributed by atoms with Gasteiger partial charge in [-0.3, -0.25) is 4.79 Å². The van der Waals surface area contributed by atoms with Gasteiger partial charge in [-0.1, -0.05) is 78.9 Å². The number of rotatable bonds is 9. The zero-order valence-corrected chi connectivity index (χ0v) is 16.8. The Morgan fingerprint density at radius 1 is 0.759 bits per heavy atom. The van der Waals surface area contributed by atoms with Crippen molar-refractivity contribution in [1.29, 1.82) is 0 Å². The van der Waals surface area contributed by atoms with Gasteiger partial charge in [-0.05, 0) is 36.1 Å². The second-order valence-corrected chi connectivity index (χ2v) is 8.42. The Bertz CT molecular complexity index is 1010. The number of carbonyl (C=O) groups is 1. The summed E-state index contributed by atoms with van der Waals surface area (Å²) in [6, 6.07) is 26.4. The maximum absolute atomic E-state index is 12.8. The molecule has 3 rings (SSSR count). The average molecular weight is 409 g/mol. The van der Waals surface area contributed by atoms with Gasteiger partial charge in [0.1, 0.15) is 6.04 Å². The summed E-state index contributed by atoms with van der Waals surface area (Å²) in [4.78, 5) is 12.9. The van der Waals surface area contributed by atoms with E-state index in [4.69, 9.17) is 0 Å². The van der Waals surface area contributed by atoms with Crippen LogP contribution >= 0.6 is 0 Å². The molecule has 0 bridgehead atoms. The molecule has 0 saturated heterocycles. The molecule has 0 spiro atoms. The molecule has 0 aliphatic rings. The van der Waals surface area contributed by atoms with Gasteiger partial charge in [-0.25, -0.2) is 8.42 Å². The normalized spacial score (nSPS) is 12.3. The van der Waals surface area contributed by atoms with E-state index < -0.39 is 16.1 Å². The minimum absolute atomic E-state index is 0.134. The molecule has 0 radical (unpaired) electrons. The molecule has 1 amide bonds. The highest BCUT2D eigenvalue weighted by Gasteiger charge is 2.25. The summed E-state index contributed by atoms with van der Waals surface area (Å²) in [6.45, 7) is 0.432. The van der Waals surface area contributed by atoms with Gasteiger partial charge >= 0.3 is 0 Å². The van der Waals surface area contributed by atoms with E-state index in [0.717, 1.165) is 11.1 Å². The molecular formula is C23H24N2O3S. The number of nitrogens with one attached hydrogen (secondary N) is 2. The topological polar surface area (TPSA) is 75.3 Å². The summed E-state index contributed by atoms with van der Waals surface area (Å²) in [7, 11) is -3.81. The van der Waals surface area contributed by atoms with Crippen LogP contribution in [0.5, 0.6) is 0 Å². The Kier molecular flexibility index (Phi) is 7.16. The summed E-state index contributed by atoms with van der Waals surface area (Å²) in [5.74, 6) is -0.343. The van der Waals surface area contributed by atoms with Crippen LogP contribution in [0, 0.1) is 0 Å². The van der Waals surface area contributed by atoms with Crippen molar-refractivity contribution >= 4 is 15.9 Å². The van der Waals surface area contributed by atoms with Crippen LogP contribution in [-0.2, 0) is 27.7 Å². The molecule has 0 fully saturated rings. The van der Waals surface area contributed by atoms with E-state index in [1.807, 2.05) is 60.7 Å². The molecule has 0 unspecified atom stereocenters. The zero-order valence-electron chi connectivity index (χ0n) is 16.0. The highest BCUT2D eigenvalue weighted by molar-refractivity contribution is 7.89. The smallest absolute Gasteiger partial charge is 0.241 e. The molecule has 0 aliphatic heterocycles. The molecule has 3 aromatic rings. The summed E-state index contributed by atoms with van der Waals surface area (Å²) in [5.41, 5.74) is 1.99. The molecule has 150 valence electrons. The number of benzene rings is 3. The Morgan fingerprint density at radius 3 is 1.86 bits per heavy atom. The largest absolute Gasteiger partial charge is 0.354 e. The molecule has 1 atom stereocenters. The second-order valence-electron chi connectivity index (χ2n) is 6.70. The number of amides is 1. The van der Waals surface area contributed by atoms with E-state index in [2.05, 4.69) is 10.0 Å². The molecular weight excluding hydrogens is 384 g/mol. The lowest BCUT2D eigenvalue weighted by atomic mass is 10.1. The van der Waals surface area contributed by atoms with Gasteiger partial charge < -0.3 is 5.32 Å². The third-order valence-corrected chi connectivity index (χ3v) is 5.99. The van der Waals surface area contributed by atoms with Crippen LogP contribution in [0.1, 0.15) is 11.1 Å². The minimum Gasteiger partial charge on any atom is -0.354 e. The molecule has 6 heteroatoms.